The number of halogens is 1. The first kappa shape index (κ1) is 25.3. The zero-order valence-corrected chi connectivity index (χ0v) is 22.5. The lowest BCUT2D eigenvalue weighted by Gasteiger charge is -2.32. The molecule has 0 radical (unpaired) electrons. The van der Waals surface area contributed by atoms with Gasteiger partial charge in [-0.25, -0.2) is 13.4 Å². The van der Waals surface area contributed by atoms with E-state index in [-0.39, 0.29) is 17.7 Å². The summed E-state index contributed by atoms with van der Waals surface area (Å²) in [7, 11) is -3.22. The molecule has 1 saturated heterocycles. The zero-order chi connectivity index (χ0) is 25.2. The minimum atomic E-state index is -3.22. The molecule has 2 amide bonds. The monoisotopic (exact) mass is 603 g/mol. The predicted octanol–water partition coefficient (Wildman–Crippen LogP) is 4.67. The number of nitrogens with one attached hydrogen (secondary N) is 1. The van der Waals surface area contributed by atoms with Crippen molar-refractivity contribution < 1.29 is 18.0 Å². The first-order valence-electron chi connectivity index (χ1n) is 11.2. The molecule has 35 heavy (non-hydrogen) atoms. The van der Waals surface area contributed by atoms with Crippen molar-refractivity contribution in [3.63, 3.8) is 0 Å². The number of anilines is 1. The van der Waals surface area contributed by atoms with Crippen molar-refractivity contribution in [2.75, 3.05) is 24.7 Å². The Hall–Kier alpha value is -2.79. The number of hydrogen-bond acceptors (Lipinski definition) is 5. The first-order chi connectivity index (χ1) is 16.6. The standard InChI is InChI=1S/C26H26IN3O4S/c1-17-3-4-20(15-23(17)29-25(31)21-7-10-24(27)28-16-21)26(32)30-13-11-19(12-14-30)18-5-8-22(9-6-18)35(2,33)34/h3-10,15-16,19H,11-14H2,1-2H3,(H,29,31). The molecule has 7 nitrogen and oxygen atoms in total. The van der Waals surface area contributed by atoms with Crippen LogP contribution in [0.2, 0.25) is 0 Å². The smallest absolute Gasteiger partial charge is 0.257 e. The average molecular weight is 603 g/mol. The lowest BCUT2D eigenvalue weighted by atomic mass is 9.89. The van der Waals surface area contributed by atoms with E-state index in [1.54, 1.807) is 36.4 Å². The Morgan fingerprint density at radius 3 is 2.26 bits per heavy atom. The molecular weight excluding hydrogens is 577 g/mol. The number of aromatic nitrogens is 1. The van der Waals surface area contributed by atoms with Crippen molar-refractivity contribution in [3.8, 4) is 0 Å². The van der Waals surface area contributed by atoms with Gasteiger partial charge in [0.15, 0.2) is 9.84 Å². The van der Waals surface area contributed by atoms with Crippen LogP contribution >= 0.6 is 22.6 Å². The van der Waals surface area contributed by atoms with Gasteiger partial charge in [0.2, 0.25) is 0 Å². The van der Waals surface area contributed by atoms with Gasteiger partial charge < -0.3 is 10.2 Å². The maximum Gasteiger partial charge on any atom is 0.257 e. The van der Waals surface area contributed by atoms with Gasteiger partial charge in [-0.3, -0.25) is 9.59 Å². The van der Waals surface area contributed by atoms with E-state index in [1.807, 2.05) is 30.0 Å². The van der Waals surface area contributed by atoms with Crippen LogP contribution in [0.4, 0.5) is 5.69 Å². The lowest BCUT2D eigenvalue weighted by Crippen LogP contribution is -2.38. The van der Waals surface area contributed by atoms with Gasteiger partial charge >= 0.3 is 0 Å². The Morgan fingerprint density at radius 2 is 1.66 bits per heavy atom. The topological polar surface area (TPSA) is 96.4 Å². The van der Waals surface area contributed by atoms with Crippen molar-refractivity contribution in [3.05, 3.63) is 86.7 Å². The fraction of sp³-hybridized carbons (Fsp3) is 0.269. The second kappa shape index (κ2) is 10.4. The number of pyridine rings is 1. The molecule has 0 aliphatic carbocycles. The predicted molar refractivity (Wildman–Crippen MR) is 144 cm³/mol. The number of likely N-dealkylation sites (tertiary alicyclic amines) is 1. The summed E-state index contributed by atoms with van der Waals surface area (Å²) in [5, 5.41) is 2.89. The number of piperidine rings is 1. The van der Waals surface area contributed by atoms with Crippen LogP contribution in [0.5, 0.6) is 0 Å². The maximum atomic E-state index is 13.2. The van der Waals surface area contributed by atoms with Crippen molar-refractivity contribution in [2.24, 2.45) is 0 Å². The molecule has 182 valence electrons. The molecule has 0 atom stereocenters. The number of rotatable bonds is 5. The third kappa shape index (κ3) is 6.07. The lowest BCUT2D eigenvalue weighted by molar-refractivity contribution is 0.0712. The highest BCUT2D eigenvalue weighted by atomic mass is 127. The van der Waals surface area contributed by atoms with Crippen LogP contribution in [-0.2, 0) is 9.84 Å². The number of aryl methyl sites for hydroxylation is 1. The molecule has 1 aromatic heterocycles. The molecule has 3 aromatic rings. The molecular formula is C26H26IN3O4S. The highest BCUT2D eigenvalue weighted by Gasteiger charge is 2.25. The minimum Gasteiger partial charge on any atom is -0.339 e. The van der Waals surface area contributed by atoms with E-state index in [0.29, 0.717) is 34.8 Å². The third-order valence-electron chi connectivity index (χ3n) is 6.28. The number of carbonyl (C=O) groups is 2. The molecule has 1 N–H and O–H groups in total. The van der Waals surface area contributed by atoms with Crippen LogP contribution < -0.4 is 5.32 Å². The van der Waals surface area contributed by atoms with E-state index in [9.17, 15) is 18.0 Å². The van der Waals surface area contributed by atoms with E-state index in [0.717, 1.165) is 27.7 Å². The van der Waals surface area contributed by atoms with Gasteiger partial charge in [-0.15, -0.1) is 0 Å². The summed E-state index contributed by atoms with van der Waals surface area (Å²) in [5.74, 6) is -0.0605. The molecule has 1 aliphatic rings. The number of carbonyl (C=O) groups excluding carboxylic acids is 2. The fourth-order valence-corrected chi connectivity index (χ4v) is 5.13. The molecule has 0 spiro atoms. The van der Waals surface area contributed by atoms with Gasteiger partial charge in [-0.2, -0.15) is 0 Å². The molecule has 4 rings (SSSR count). The molecule has 0 bridgehead atoms. The van der Waals surface area contributed by atoms with Gasteiger partial charge in [0, 0.05) is 36.8 Å². The molecule has 1 aliphatic heterocycles. The molecule has 2 heterocycles. The number of benzene rings is 2. The van der Waals surface area contributed by atoms with Crippen LogP contribution in [0.15, 0.2) is 65.7 Å². The van der Waals surface area contributed by atoms with Crippen molar-refractivity contribution in [1.82, 2.24) is 9.88 Å². The Labute approximate surface area is 219 Å². The summed E-state index contributed by atoms with van der Waals surface area (Å²) in [6.45, 7) is 3.11. The Morgan fingerprint density at radius 1 is 1.00 bits per heavy atom. The third-order valence-corrected chi connectivity index (χ3v) is 8.05. The second-order valence-electron chi connectivity index (χ2n) is 8.76. The van der Waals surface area contributed by atoms with Crippen molar-refractivity contribution in [2.45, 2.75) is 30.6 Å². The second-order valence-corrected chi connectivity index (χ2v) is 11.9. The number of sulfone groups is 1. The summed E-state index contributed by atoms with van der Waals surface area (Å²) in [6, 6.07) is 15.9. The minimum absolute atomic E-state index is 0.0673. The van der Waals surface area contributed by atoms with Crippen LogP contribution in [0.1, 0.15) is 50.6 Å². The summed E-state index contributed by atoms with van der Waals surface area (Å²) in [5.41, 5.74) is 3.54. The zero-order valence-electron chi connectivity index (χ0n) is 19.5. The van der Waals surface area contributed by atoms with Crippen molar-refractivity contribution >= 4 is 49.9 Å². The highest BCUT2D eigenvalue weighted by Crippen LogP contribution is 2.30. The van der Waals surface area contributed by atoms with Gasteiger partial charge in [0.25, 0.3) is 11.8 Å². The largest absolute Gasteiger partial charge is 0.339 e. The SMILES string of the molecule is Cc1ccc(C(=O)N2CCC(c3ccc(S(C)(=O)=O)cc3)CC2)cc1NC(=O)c1ccc(I)nc1. The Kier molecular flexibility index (Phi) is 7.56. The summed E-state index contributed by atoms with van der Waals surface area (Å²) < 4.78 is 24.2. The summed E-state index contributed by atoms with van der Waals surface area (Å²) >= 11 is 2.08. The van der Waals surface area contributed by atoms with E-state index >= 15 is 0 Å². The van der Waals surface area contributed by atoms with E-state index in [2.05, 4.69) is 32.9 Å². The Bertz CT molecular complexity index is 1350. The highest BCUT2D eigenvalue weighted by molar-refractivity contribution is 14.1. The number of hydrogen-bond donors (Lipinski definition) is 1. The van der Waals surface area contributed by atoms with Crippen LogP contribution in [0, 0.1) is 10.6 Å². The first-order valence-corrected chi connectivity index (χ1v) is 14.2. The van der Waals surface area contributed by atoms with E-state index in [1.165, 1.54) is 12.5 Å². The number of amides is 2. The van der Waals surface area contributed by atoms with Crippen LogP contribution in [-0.4, -0.2) is 49.5 Å². The summed E-state index contributed by atoms with van der Waals surface area (Å²) in [6.07, 6.45) is 4.34. The summed E-state index contributed by atoms with van der Waals surface area (Å²) in [4.78, 5) is 32.1. The Balaban J connectivity index is 1.41. The number of nitrogens with zero attached hydrogens (tertiary/aromatic N) is 2. The normalized spacial score (nSPS) is 14.5. The molecule has 1 fully saturated rings. The van der Waals surface area contributed by atoms with Gasteiger partial charge in [-0.05, 0) is 95.8 Å². The van der Waals surface area contributed by atoms with E-state index < -0.39 is 9.84 Å². The quantitative estimate of drug-likeness (QED) is 0.338. The van der Waals surface area contributed by atoms with Crippen molar-refractivity contribution in [1.29, 1.82) is 0 Å². The molecule has 9 heteroatoms. The van der Waals surface area contributed by atoms with Gasteiger partial charge in [-0.1, -0.05) is 18.2 Å². The van der Waals surface area contributed by atoms with Gasteiger partial charge in [0.1, 0.15) is 3.70 Å². The average Bonchev–Trinajstić information content (AvgIpc) is 2.85. The molecule has 0 saturated carbocycles. The van der Waals surface area contributed by atoms with Gasteiger partial charge in [0.05, 0.1) is 10.5 Å². The van der Waals surface area contributed by atoms with E-state index in [4.69, 9.17) is 0 Å². The molecule has 0 unspecified atom stereocenters. The fourth-order valence-electron chi connectivity index (χ4n) is 4.18. The molecule has 2 aromatic carbocycles. The maximum absolute atomic E-state index is 13.2. The van der Waals surface area contributed by atoms with Crippen LogP contribution in [0.25, 0.3) is 0 Å². The van der Waals surface area contributed by atoms with Crippen LogP contribution in [0.3, 0.4) is 0 Å².